The van der Waals surface area contributed by atoms with E-state index in [0.29, 0.717) is 28.6 Å². The molecule has 0 aliphatic carbocycles. The first-order chi connectivity index (χ1) is 14.2. The molecule has 0 aliphatic rings. The van der Waals surface area contributed by atoms with Crippen molar-refractivity contribution in [3.05, 3.63) is 83.3 Å². The maximum Gasteiger partial charge on any atom is 0.225 e. The molecule has 1 N–H and O–H groups in total. The summed E-state index contributed by atoms with van der Waals surface area (Å²) in [6.45, 7) is 0. The molecule has 1 unspecified atom stereocenters. The molecule has 2 heterocycles. The second-order valence-electron chi connectivity index (χ2n) is 7.21. The van der Waals surface area contributed by atoms with Crippen LogP contribution in [0.1, 0.15) is 43.2 Å². The number of hydrogen-bond donors (Lipinski definition) is 1. The fraction of sp³-hybridized carbons (Fsp3) is 0.250. The molecule has 2 aromatic heterocycles. The molecule has 0 bridgehead atoms. The van der Waals surface area contributed by atoms with Gasteiger partial charge in [-0.15, -0.1) is 0 Å². The van der Waals surface area contributed by atoms with Gasteiger partial charge in [-0.25, -0.2) is 4.98 Å². The van der Waals surface area contributed by atoms with E-state index >= 15 is 0 Å². The Bertz CT molecular complexity index is 1060. The molecule has 29 heavy (non-hydrogen) atoms. The lowest BCUT2D eigenvalue weighted by atomic mass is 10.0. The molecule has 2 aromatic carbocycles. The van der Waals surface area contributed by atoms with Gasteiger partial charge in [0, 0.05) is 16.8 Å². The number of aliphatic hydroxyl groups excluding tert-OH is 1. The van der Waals surface area contributed by atoms with E-state index in [9.17, 15) is 5.11 Å². The van der Waals surface area contributed by atoms with E-state index in [0.717, 1.165) is 36.8 Å². The smallest absolute Gasteiger partial charge is 0.225 e. The van der Waals surface area contributed by atoms with Gasteiger partial charge in [0.05, 0.1) is 0 Å². The van der Waals surface area contributed by atoms with E-state index in [1.165, 1.54) is 5.56 Å². The molecule has 5 heteroatoms. The van der Waals surface area contributed by atoms with Crippen molar-refractivity contribution in [1.82, 2.24) is 9.97 Å². The molecule has 0 amide bonds. The zero-order valence-electron chi connectivity index (χ0n) is 16.1. The lowest BCUT2D eigenvalue weighted by molar-refractivity contribution is 0.133. The number of rotatable bonds is 8. The van der Waals surface area contributed by atoms with Crippen molar-refractivity contribution in [3.63, 3.8) is 0 Å². The fourth-order valence-electron chi connectivity index (χ4n) is 3.39. The standard InChI is InChI=1S/C24H23ClN2O2/c25-20-13-11-18(12-14-20)19-15-22-23(26-16-19)27-24(29-22)21(28)10-6-2-5-9-17-7-3-1-4-8-17/h1,3-4,7-8,11-16,21,28H,2,5-6,9-10H2. The molecule has 0 fully saturated rings. The van der Waals surface area contributed by atoms with Gasteiger partial charge in [0.15, 0.2) is 11.2 Å². The Morgan fingerprint density at radius 1 is 0.931 bits per heavy atom. The van der Waals surface area contributed by atoms with E-state index in [1.807, 2.05) is 36.4 Å². The van der Waals surface area contributed by atoms with Crippen LogP contribution in [0.3, 0.4) is 0 Å². The molecule has 4 nitrogen and oxygen atoms in total. The Balaban J connectivity index is 1.34. The predicted molar refractivity (Wildman–Crippen MR) is 116 cm³/mol. The lowest BCUT2D eigenvalue weighted by Crippen LogP contribution is -1.98. The predicted octanol–water partition coefficient (Wildman–Crippen LogP) is 6.38. The van der Waals surface area contributed by atoms with Crippen LogP contribution >= 0.6 is 11.6 Å². The summed E-state index contributed by atoms with van der Waals surface area (Å²) in [5.74, 6) is 0.337. The minimum Gasteiger partial charge on any atom is -0.436 e. The number of fused-ring (bicyclic) bond motifs is 1. The van der Waals surface area contributed by atoms with Crippen molar-refractivity contribution < 1.29 is 9.52 Å². The van der Waals surface area contributed by atoms with Crippen molar-refractivity contribution in [2.45, 2.75) is 38.2 Å². The average Bonchev–Trinajstić information content (AvgIpc) is 3.18. The Kier molecular flexibility index (Phi) is 6.23. The Morgan fingerprint density at radius 2 is 1.72 bits per heavy atom. The van der Waals surface area contributed by atoms with Crippen molar-refractivity contribution in [1.29, 1.82) is 0 Å². The summed E-state index contributed by atoms with van der Waals surface area (Å²) in [5, 5.41) is 11.1. The molecular formula is C24H23ClN2O2. The fourth-order valence-corrected chi connectivity index (χ4v) is 3.52. The van der Waals surface area contributed by atoms with E-state index in [4.69, 9.17) is 16.0 Å². The highest BCUT2D eigenvalue weighted by molar-refractivity contribution is 6.30. The number of nitrogens with zero attached hydrogens (tertiary/aromatic N) is 2. The SMILES string of the molecule is OC(CCCCCc1ccccc1)c1nc2ncc(-c3ccc(Cl)cc3)cc2o1. The van der Waals surface area contributed by atoms with Gasteiger partial charge in [0.25, 0.3) is 0 Å². The summed E-state index contributed by atoms with van der Waals surface area (Å²) in [6.07, 6.45) is 5.84. The normalized spacial score (nSPS) is 12.3. The number of halogens is 1. The van der Waals surface area contributed by atoms with E-state index < -0.39 is 6.10 Å². The second kappa shape index (κ2) is 9.21. The second-order valence-corrected chi connectivity index (χ2v) is 7.64. The number of aromatic nitrogens is 2. The van der Waals surface area contributed by atoms with Crippen LogP contribution in [0.15, 0.2) is 71.3 Å². The molecule has 0 saturated carbocycles. The highest BCUT2D eigenvalue weighted by Crippen LogP contribution is 2.27. The zero-order chi connectivity index (χ0) is 20.1. The Hall–Kier alpha value is -2.69. The first kappa shape index (κ1) is 19.6. The van der Waals surface area contributed by atoms with Crippen LogP contribution in [0.4, 0.5) is 0 Å². The number of aryl methyl sites for hydroxylation is 1. The lowest BCUT2D eigenvalue weighted by Gasteiger charge is -2.06. The van der Waals surface area contributed by atoms with Gasteiger partial charge < -0.3 is 9.52 Å². The third kappa shape index (κ3) is 5.03. The largest absolute Gasteiger partial charge is 0.436 e. The summed E-state index contributed by atoms with van der Waals surface area (Å²) in [7, 11) is 0. The maximum atomic E-state index is 10.5. The van der Waals surface area contributed by atoms with Crippen LogP contribution in [-0.2, 0) is 6.42 Å². The highest BCUT2D eigenvalue weighted by atomic mass is 35.5. The van der Waals surface area contributed by atoms with Gasteiger partial charge in [-0.1, -0.05) is 66.9 Å². The van der Waals surface area contributed by atoms with Crippen molar-refractivity contribution in [2.24, 2.45) is 0 Å². The number of unbranched alkanes of at least 4 members (excludes halogenated alkanes) is 2. The van der Waals surface area contributed by atoms with Gasteiger partial charge in [-0.2, -0.15) is 4.98 Å². The molecule has 0 aliphatic heterocycles. The van der Waals surface area contributed by atoms with E-state index in [2.05, 4.69) is 34.2 Å². The minimum absolute atomic E-state index is 0.337. The van der Waals surface area contributed by atoms with Crippen LogP contribution < -0.4 is 0 Å². The maximum absolute atomic E-state index is 10.5. The molecule has 4 rings (SSSR count). The van der Waals surface area contributed by atoms with Crippen molar-refractivity contribution >= 4 is 22.8 Å². The molecule has 0 radical (unpaired) electrons. The molecule has 148 valence electrons. The van der Waals surface area contributed by atoms with Gasteiger partial charge in [0.1, 0.15) is 6.10 Å². The van der Waals surface area contributed by atoms with Gasteiger partial charge in [0.2, 0.25) is 5.89 Å². The first-order valence-electron chi connectivity index (χ1n) is 9.93. The monoisotopic (exact) mass is 406 g/mol. The van der Waals surface area contributed by atoms with Crippen molar-refractivity contribution in [2.75, 3.05) is 0 Å². The summed E-state index contributed by atoms with van der Waals surface area (Å²) >= 11 is 5.95. The molecule has 0 saturated heterocycles. The van der Waals surface area contributed by atoms with Gasteiger partial charge in [-0.05, 0) is 48.6 Å². The summed E-state index contributed by atoms with van der Waals surface area (Å²) in [6, 6.07) is 19.9. The van der Waals surface area contributed by atoms with Gasteiger partial charge >= 0.3 is 0 Å². The first-order valence-corrected chi connectivity index (χ1v) is 10.3. The number of aliphatic hydroxyl groups is 1. The summed E-state index contributed by atoms with van der Waals surface area (Å²) in [4.78, 5) is 8.74. The zero-order valence-corrected chi connectivity index (χ0v) is 16.8. The van der Waals surface area contributed by atoms with Crippen LogP contribution in [0.25, 0.3) is 22.4 Å². The van der Waals surface area contributed by atoms with Crippen LogP contribution in [0.2, 0.25) is 5.02 Å². The molecule has 4 aromatic rings. The number of hydrogen-bond acceptors (Lipinski definition) is 4. The topological polar surface area (TPSA) is 59.2 Å². The molecule has 0 spiro atoms. The number of pyridine rings is 1. The summed E-state index contributed by atoms with van der Waals surface area (Å²) < 4.78 is 5.79. The van der Waals surface area contributed by atoms with Crippen LogP contribution in [0.5, 0.6) is 0 Å². The van der Waals surface area contributed by atoms with Crippen LogP contribution in [-0.4, -0.2) is 15.1 Å². The molecule has 1 atom stereocenters. The van der Waals surface area contributed by atoms with E-state index in [-0.39, 0.29) is 0 Å². The van der Waals surface area contributed by atoms with Crippen molar-refractivity contribution in [3.8, 4) is 11.1 Å². The minimum atomic E-state index is -0.708. The van der Waals surface area contributed by atoms with Gasteiger partial charge in [-0.3, -0.25) is 0 Å². The van der Waals surface area contributed by atoms with Crippen LogP contribution in [0, 0.1) is 0 Å². The highest BCUT2D eigenvalue weighted by Gasteiger charge is 2.16. The summed E-state index contributed by atoms with van der Waals surface area (Å²) in [5.41, 5.74) is 4.37. The Labute approximate surface area is 175 Å². The Morgan fingerprint density at radius 3 is 2.52 bits per heavy atom. The third-order valence-corrected chi connectivity index (χ3v) is 5.26. The third-order valence-electron chi connectivity index (χ3n) is 5.01. The number of oxazole rings is 1. The van der Waals surface area contributed by atoms with E-state index in [1.54, 1.807) is 6.20 Å². The average molecular weight is 407 g/mol. The quantitative estimate of drug-likeness (QED) is 0.345. The number of benzene rings is 2. The molecular weight excluding hydrogens is 384 g/mol.